The molecule has 4 rings (SSSR count). The van der Waals surface area contributed by atoms with Crippen molar-refractivity contribution < 1.29 is 17.9 Å². The number of rotatable bonds is 4. The Balaban J connectivity index is 1.87. The van der Waals surface area contributed by atoms with Crippen molar-refractivity contribution in [3.8, 4) is 5.75 Å². The highest BCUT2D eigenvalue weighted by molar-refractivity contribution is 7.94. The normalized spacial score (nSPS) is 15.1. The second-order valence-electron chi connectivity index (χ2n) is 7.30. The molecule has 3 aromatic carbocycles. The number of methoxy groups -OCH3 is 1. The lowest BCUT2D eigenvalue weighted by atomic mass is 10.1. The fourth-order valence-corrected chi connectivity index (χ4v) is 5.31. The molecule has 0 bridgehead atoms. The van der Waals surface area contributed by atoms with E-state index < -0.39 is 16.1 Å². The number of hydrogen-bond donors (Lipinski definition) is 0. The topological polar surface area (TPSA) is 66.9 Å². The maximum Gasteiger partial charge on any atom is 0.343 e. The van der Waals surface area contributed by atoms with Crippen molar-refractivity contribution in [2.75, 3.05) is 16.3 Å². The van der Waals surface area contributed by atoms with Crippen molar-refractivity contribution in [1.82, 2.24) is 0 Å². The number of amides is 2. The predicted molar refractivity (Wildman–Crippen MR) is 117 cm³/mol. The van der Waals surface area contributed by atoms with Gasteiger partial charge in [0.2, 0.25) is 0 Å². The number of carbonyl (C=O) groups excluding carboxylic acids is 1. The minimum Gasteiger partial charge on any atom is -0.497 e. The molecule has 7 heteroatoms. The number of nitrogens with zero attached hydrogens (tertiary/aromatic N) is 2. The molecule has 0 unspecified atom stereocenters. The summed E-state index contributed by atoms with van der Waals surface area (Å²) < 4.78 is 33.0. The number of aryl methyl sites for hydroxylation is 2. The fourth-order valence-electron chi connectivity index (χ4n) is 3.74. The Morgan fingerprint density at radius 3 is 2.30 bits per heavy atom. The molecule has 154 valence electrons. The standard InChI is InChI=1S/C23H22N2O4S/c1-16-11-17(2)13-19(12-16)25-23(26)24(15-18-7-6-8-20(14-18)29-3)21-9-4-5-10-22(21)30(25,27)28/h4-14H,15H2,1-3H3. The van der Waals surface area contributed by atoms with E-state index in [-0.39, 0.29) is 11.4 Å². The van der Waals surface area contributed by atoms with Crippen molar-refractivity contribution >= 4 is 27.4 Å². The van der Waals surface area contributed by atoms with E-state index in [2.05, 4.69) is 0 Å². The lowest BCUT2D eigenvalue weighted by Gasteiger charge is -2.36. The lowest BCUT2D eigenvalue weighted by Crippen LogP contribution is -2.50. The van der Waals surface area contributed by atoms with Crippen LogP contribution in [0.5, 0.6) is 5.75 Å². The number of hydrogen-bond acceptors (Lipinski definition) is 4. The smallest absolute Gasteiger partial charge is 0.343 e. The predicted octanol–water partition coefficient (Wildman–Crippen LogP) is 4.65. The quantitative estimate of drug-likeness (QED) is 0.614. The van der Waals surface area contributed by atoms with Gasteiger partial charge in [-0.1, -0.05) is 30.3 Å². The number of fused-ring (bicyclic) bond motifs is 1. The first kappa shape index (κ1) is 20.0. The molecule has 0 N–H and O–H groups in total. The number of carbonyl (C=O) groups is 1. The van der Waals surface area contributed by atoms with Crippen LogP contribution < -0.4 is 13.9 Å². The van der Waals surface area contributed by atoms with Crippen LogP contribution in [0.4, 0.5) is 16.2 Å². The van der Waals surface area contributed by atoms with E-state index in [1.807, 2.05) is 44.2 Å². The zero-order valence-corrected chi connectivity index (χ0v) is 17.8. The van der Waals surface area contributed by atoms with Crippen LogP contribution in [0, 0.1) is 13.8 Å². The summed E-state index contributed by atoms with van der Waals surface area (Å²) in [6, 6.07) is 18.7. The van der Waals surface area contributed by atoms with Gasteiger partial charge in [0.1, 0.15) is 10.6 Å². The summed E-state index contributed by atoms with van der Waals surface area (Å²) >= 11 is 0. The van der Waals surface area contributed by atoms with E-state index in [1.54, 1.807) is 37.4 Å². The Morgan fingerprint density at radius 2 is 1.60 bits per heavy atom. The minimum atomic E-state index is -4.04. The van der Waals surface area contributed by atoms with Crippen molar-refractivity contribution in [2.24, 2.45) is 0 Å². The molecule has 1 aliphatic rings. The Labute approximate surface area is 176 Å². The summed E-state index contributed by atoms with van der Waals surface area (Å²) in [5.74, 6) is 0.670. The van der Waals surface area contributed by atoms with Gasteiger partial charge in [0.25, 0.3) is 10.0 Å². The summed E-state index contributed by atoms with van der Waals surface area (Å²) in [5, 5.41) is 0. The van der Waals surface area contributed by atoms with Gasteiger partial charge in [0, 0.05) is 0 Å². The highest BCUT2D eigenvalue weighted by Crippen LogP contribution is 2.38. The van der Waals surface area contributed by atoms with Crippen molar-refractivity contribution in [1.29, 1.82) is 0 Å². The largest absolute Gasteiger partial charge is 0.497 e. The third kappa shape index (κ3) is 3.41. The van der Waals surface area contributed by atoms with Gasteiger partial charge in [0.05, 0.1) is 25.0 Å². The first-order chi connectivity index (χ1) is 14.3. The summed E-state index contributed by atoms with van der Waals surface area (Å²) in [5.41, 5.74) is 3.29. The zero-order chi connectivity index (χ0) is 21.5. The zero-order valence-electron chi connectivity index (χ0n) is 17.0. The minimum absolute atomic E-state index is 0.103. The van der Waals surface area contributed by atoms with Gasteiger partial charge in [0.15, 0.2) is 0 Å². The van der Waals surface area contributed by atoms with Crippen molar-refractivity contribution in [2.45, 2.75) is 25.3 Å². The van der Waals surface area contributed by atoms with Crippen LogP contribution in [-0.2, 0) is 16.6 Å². The van der Waals surface area contributed by atoms with E-state index in [9.17, 15) is 13.2 Å². The van der Waals surface area contributed by atoms with Crippen LogP contribution in [0.3, 0.4) is 0 Å². The van der Waals surface area contributed by atoms with Crippen LogP contribution in [0.2, 0.25) is 0 Å². The molecule has 0 aromatic heterocycles. The molecule has 2 amide bonds. The van der Waals surface area contributed by atoms with Gasteiger partial charge >= 0.3 is 6.03 Å². The Bertz CT molecular complexity index is 1220. The number of sulfonamides is 1. The third-order valence-corrected chi connectivity index (χ3v) is 6.74. The second kappa shape index (κ2) is 7.50. The van der Waals surface area contributed by atoms with Gasteiger partial charge in [-0.15, -0.1) is 0 Å². The average molecular weight is 423 g/mol. The number of para-hydroxylation sites is 1. The van der Waals surface area contributed by atoms with Gasteiger partial charge in [-0.05, 0) is 66.9 Å². The Morgan fingerprint density at radius 1 is 0.900 bits per heavy atom. The highest BCUT2D eigenvalue weighted by atomic mass is 32.2. The molecule has 0 fully saturated rings. The summed E-state index contributed by atoms with van der Waals surface area (Å²) in [4.78, 5) is 15.1. The molecule has 1 heterocycles. The monoisotopic (exact) mass is 422 g/mol. The fraction of sp³-hybridized carbons (Fsp3) is 0.174. The lowest BCUT2D eigenvalue weighted by molar-refractivity contribution is 0.253. The van der Waals surface area contributed by atoms with Gasteiger partial charge < -0.3 is 4.74 Å². The van der Waals surface area contributed by atoms with E-state index >= 15 is 0 Å². The molecule has 0 saturated carbocycles. The Hall–Kier alpha value is -3.32. The van der Waals surface area contributed by atoms with Crippen LogP contribution in [-0.4, -0.2) is 21.6 Å². The first-order valence-corrected chi connectivity index (χ1v) is 10.9. The summed E-state index contributed by atoms with van der Waals surface area (Å²) in [6.45, 7) is 3.96. The van der Waals surface area contributed by atoms with Crippen molar-refractivity contribution in [3.63, 3.8) is 0 Å². The van der Waals surface area contributed by atoms with E-state index in [0.29, 0.717) is 17.1 Å². The van der Waals surface area contributed by atoms with Gasteiger partial charge in [-0.25, -0.2) is 13.2 Å². The third-order valence-electron chi connectivity index (χ3n) is 4.99. The van der Waals surface area contributed by atoms with Gasteiger partial charge in [-0.3, -0.25) is 4.90 Å². The SMILES string of the molecule is COc1cccc(CN2C(=O)N(c3cc(C)cc(C)c3)S(=O)(=O)c3ccccc32)c1. The number of anilines is 2. The molecule has 0 saturated heterocycles. The first-order valence-electron chi connectivity index (χ1n) is 9.48. The molecule has 0 spiro atoms. The van der Waals surface area contributed by atoms with Crippen LogP contribution in [0.25, 0.3) is 0 Å². The molecular formula is C23H22N2O4S. The highest BCUT2D eigenvalue weighted by Gasteiger charge is 2.42. The van der Waals surface area contributed by atoms with Crippen LogP contribution in [0.1, 0.15) is 16.7 Å². The number of urea groups is 1. The summed E-state index contributed by atoms with van der Waals surface area (Å²) in [6.07, 6.45) is 0. The summed E-state index contributed by atoms with van der Waals surface area (Å²) in [7, 11) is -2.46. The maximum absolute atomic E-state index is 13.5. The van der Waals surface area contributed by atoms with Crippen LogP contribution in [0.15, 0.2) is 71.6 Å². The number of ether oxygens (including phenoxy) is 1. The Kier molecular flexibility index (Phi) is 4.99. The molecule has 6 nitrogen and oxygen atoms in total. The van der Waals surface area contributed by atoms with Gasteiger partial charge in [-0.2, -0.15) is 4.31 Å². The molecule has 0 aliphatic carbocycles. The van der Waals surface area contributed by atoms with Crippen LogP contribution >= 0.6 is 0 Å². The molecule has 30 heavy (non-hydrogen) atoms. The second-order valence-corrected chi connectivity index (χ2v) is 9.06. The van der Waals surface area contributed by atoms with E-state index in [4.69, 9.17) is 4.74 Å². The van der Waals surface area contributed by atoms with E-state index in [1.165, 1.54) is 11.0 Å². The maximum atomic E-state index is 13.5. The molecule has 0 atom stereocenters. The average Bonchev–Trinajstić information content (AvgIpc) is 2.70. The van der Waals surface area contributed by atoms with E-state index in [0.717, 1.165) is 21.0 Å². The molecular weight excluding hydrogens is 400 g/mol. The molecule has 1 aliphatic heterocycles. The number of benzene rings is 3. The van der Waals surface area contributed by atoms with Crippen molar-refractivity contribution in [3.05, 3.63) is 83.4 Å². The molecule has 3 aromatic rings. The molecule has 0 radical (unpaired) electrons.